The maximum atomic E-state index is 11.0. The molecule has 0 radical (unpaired) electrons. The Bertz CT molecular complexity index is 750. The lowest BCUT2D eigenvalue weighted by Gasteiger charge is -2.09. The second kappa shape index (κ2) is 6.76. The minimum absolute atomic E-state index is 0.138. The number of aromatic carboxylic acids is 1. The number of nitrogens with zero attached hydrogens (tertiary/aromatic N) is 2. The average molecular weight is 299 g/mol. The van der Waals surface area contributed by atoms with Crippen molar-refractivity contribution in [2.75, 3.05) is 5.73 Å². The van der Waals surface area contributed by atoms with E-state index in [2.05, 4.69) is 11.1 Å². The molecule has 0 aliphatic heterocycles. The second-order valence-corrected chi connectivity index (χ2v) is 5.13. The number of hydrogen-bond acceptors (Lipinski definition) is 5. The molecule has 1 aromatic carbocycles. The number of aryl methyl sites for hydroxylation is 1. The Morgan fingerprint density at radius 1 is 1.27 bits per heavy atom. The van der Waals surface area contributed by atoms with E-state index in [1.807, 2.05) is 0 Å². The number of nitrogen functional groups attached to an aromatic ring is 1. The van der Waals surface area contributed by atoms with Gasteiger partial charge in [-0.05, 0) is 37.0 Å². The molecule has 0 spiro atoms. The van der Waals surface area contributed by atoms with E-state index >= 15 is 0 Å². The zero-order valence-electron chi connectivity index (χ0n) is 12.0. The SMILES string of the molecule is N#CCCCCCc1cc(N)c2nc(C(=O)O)cc(O)c2c1. The molecule has 2 rings (SSSR count). The Balaban J connectivity index is 2.25. The number of aromatic hydroxyl groups is 1. The quantitative estimate of drug-likeness (QED) is 0.557. The van der Waals surface area contributed by atoms with Gasteiger partial charge in [0.15, 0.2) is 5.69 Å². The molecule has 6 heteroatoms. The number of hydrogen-bond donors (Lipinski definition) is 3. The van der Waals surface area contributed by atoms with Crippen molar-refractivity contribution in [3.63, 3.8) is 0 Å². The zero-order valence-corrected chi connectivity index (χ0v) is 12.0. The standard InChI is InChI=1S/C16H17N3O3/c17-6-4-2-1-3-5-10-7-11-14(20)9-13(16(21)22)19-15(11)12(18)8-10/h7-9H,1-5,18H2,(H,19,20)(H,21,22). The van der Waals surface area contributed by atoms with E-state index in [0.717, 1.165) is 37.3 Å². The Kier molecular flexibility index (Phi) is 4.79. The highest BCUT2D eigenvalue weighted by Crippen LogP contribution is 2.30. The van der Waals surface area contributed by atoms with Crippen LogP contribution in [0.15, 0.2) is 18.2 Å². The van der Waals surface area contributed by atoms with Crippen molar-refractivity contribution in [2.24, 2.45) is 0 Å². The lowest BCUT2D eigenvalue weighted by atomic mass is 10.0. The number of benzene rings is 1. The monoisotopic (exact) mass is 299 g/mol. The molecule has 2 aromatic rings. The van der Waals surface area contributed by atoms with Crippen molar-refractivity contribution in [1.82, 2.24) is 4.98 Å². The lowest BCUT2D eigenvalue weighted by Crippen LogP contribution is -2.02. The minimum atomic E-state index is -1.21. The molecule has 0 atom stereocenters. The van der Waals surface area contributed by atoms with Crippen LogP contribution in [0.5, 0.6) is 5.75 Å². The van der Waals surface area contributed by atoms with Gasteiger partial charge < -0.3 is 15.9 Å². The summed E-state index contributed by atoms with van der Waals surface area (Å²) in [4.78, 5) is 14.9. The zero-order chi connectivity index (χ0) is 16.1. The molecule has 1 aromatic heterocycles. The molecule has 22 heavy (non-hydrogen) atoms. The Labute approximate surface area is 127 Å². The third-order valence-electron chi connectivity index (χ3n) is 3.45. The van der Waals surface area contributed by atoms with Crippen LogP contribution < -0.4 is 5.73 Å². The molecule has 0 bridgehead atoms. The summed E-state index contributed by atoms with van der Waals surface area (Å²) in [5.41, 5.74) is 7.31. The molecule has 0 unspecified atom stereocenters. The third-order valence-corrected chi connectivity index (χ3v) is 3.45. The minimum Gasteiger partial charge on any atom is -0.507 e. The van der Waals surface area contributed by atoms with Gasteiger partial charge >= 0.3 is 5.97 Å². The van der Waals surface area contributed by atoms with Gasteiger partial charge in [-0.25, -0.2) is 9.78 Å². The van der Waals surface area contributed by atoms with Crippen molar-refractivity contribution in [3.05, 3.63) is 29.5 Å². The first-order chi connectivity index (χ1) is 10.5. The normalized spacial score (nSPS) is 10.5. The highest BCUT2D eigenvalue weighted by Gasteiger charge is 2.13. The smallest absolute Gasteiger partial charge is 0.354 e. The number of aromatic nitrogens is 1. The summed E-state index contributed by atoms with van der Waals surface area (Å²) < 4.78 is 0. The second-order valence-electron chi connectivity index (χ2n) is 5.13. The van der Waals surface area contributed by atoms with Gasteiger partial charge in [0.2, 0.25) is 0 Å². The lowest BCUT2D eigenvalue weighted by molar-refractivity contribution is 0.0690. The van der Waals surface area contributed by atoms with E-state index in [1.165, 1.54) is 0 Å². The van der Waals surface area contributed by atoms with E-state index in [9.17, 15) is 9.90 Å². The summed E-state index contributed by atoms with van der Waals surface area (Å²) in [5, 5.41) is 27.9. The van der Waals surface area contributed by atoms with Gasteiger partial charge in [0.25, 0.3) is 0 Å². The molecule has 0 aliphatic rings. The third kappa shape index (κ3) is 3.44. The molecule has 0 aliphatic carbocycles. The summed E-state index contributed by atoms with van der Waals surface area (Å²) in [5.74, 6) is -1.35. The Morgan fingerprint density at radius 2 is 2.05 bits per heavy atom. The van der Waals surface area contributed by atoms with Crippen LogP contribution in [0.25, 0.3) is 10.9 Å². The summed E-state index contributed by atoms with van der Waals surface area (Å²) in [6.07, 6.45) is 4.09. The first-order valence-electron chi connectivity index (χ1n) is 7.05. The average Bonchev–Trinajstić information content (AvgIpc) is 2.47. The number of nitrogens with two attached hydrogens (primary N) is 1. The van der Waals surface area contributed by atoms with Crippen LogP contribution in [-0.2, 0) is 6.42 Å². The van der Waals surface area contributed by atoms with Gasteiger partial charge in [-0.3, -0.25) is 0 Å². The highest BCUT2D eigenvalue weighted by atomic mass is 16.4. The largest absolute Gasteiger partial charge is 0.507 e. The highest BCUT2D eigenvalue weighted by molar-refractivity contribution is 5.98. The Hall–Kier alpha value is -2.81. The molecule has 6 nitrogen and oxygen atoms in total. The fourth-order valence-electron chi connectivity index (χ4n) is 2.36. The van der Waals surface area contributed by atoms with Gasteiger partial charge in [0.1, 0.15) is 5.75 Å². The Morgan fingerprint density at radius 3 is 2.73 bits per heavy atom. The predicted molar refractivity (Wildman–Crippen MR) is 82.6 cm³/mol. The van der Waals surface area contributed by atoms with Crippen molar-refractivity contribution in [3.8, 4) is 11.8 Å². The van der Waals surface area contributed by atoms with Gasteiger partial charge in [-0.2, -0.15) is 5.26 Å². The predicted octanol–water partition coefficient (Wildman–Crippen LogP) is 2.85. The van der Waals surface area contributed by atoms with Crippen LogP contribution in [0.4, 0.5) is 5.69 Å². The summed E-state index contributed by atoms with van der Waals surface area (Å²) in [6.45, 7) is 0. The molecular weight excluding hydrogens is 282 g/mol. The van der Waals surface area contributed by atoms with E-state index in [-0.39, 0.29) is 11.4 Å². The fraction of sp³-hybridized carbons (Fsp3) is 0.312. The van der Waals surface area contributed by atoms with Gasteiger partial charge in [-0.1, -0.05) is 6.42 Å². The number of carbonyl (C=O) groups is 1. The van der Waals surface area contributed by atoms with Gasteiger partial charge in [-0.15, -0.1) is 0 Å². The van der Waals surface area contributed by atoms with Crippen LogP contribution in [0, 0.1) is 11.3 Å². The molecule has 4 N–H and O–H groups in total. The number of nitriles is 1. The maximum Gasteiger partial charge on any atom is 0.354 e. The topological polar surface area (TPSA) is 120 Å². The summed E-state index contributed by atoms with van der Waals surface area (Å²) in [6, 6.07) is 6.77. The van der Waals surface area contributed by atoms with E-state index < -0.39 is 5.97 Å². The number of anilines is 1. The van der Waals surface area contributed by atoms with E-state index in [4.69, 9.17) is 16.1 Å². The summed E-state index contributed by atoms with van der Waals surface area (Å²) in [7, 11) is 0. The van der Waals surface area contributed by atoms with Crippen LogP contribution in [0.2, 0.25) is 0 Å². The molecule has 0 saturated carbocycles. The van der Waals surface area contributed by atoms with Gasteiger partial charge in [0, 0.05) is 17.9 Å². The van der Waals surface area contributed by atoms with Gasteiger partial charge in [0.05, 0.1) is 17.3 Å². The van der Waals surface area contributed by atoms with Crippen LogP contribution in [0.1, 0.15) is 41.7 Å². The number of rotatable bonds is 6. The van der Waals surface area contributed by atoms with E-state index in [1.54, 1.807) is 12.1 Å². The fourth-order valence-corrected chi connectivity index (χ4v) is 2.36. The van der Waals surface area contributed by atoms with Crippen molar-refractivity contribution >= 4 is 22.6 Å². The summed E-state index contributed by atoms with van der Waals surface area (Å²) >= 11 is 0. The molecular formula is C16H17N3O3. The van der Waals surface area contributed by atoms with Crippen LogP contribution >= 0.6 is 0 Å². The first kappa shape index (κ1) is 15.6. The molecule has 114 valence electrons. The van der Waals surface area contributed by atoms with E-state index in [0.29, 0.717) is 23.0 Å². The maximum absolute atomic E-state index is 11.0. The number of carboxylic acid groups (broad SMARTS) is 1. The van der Waals surface area contributed by atoms with Crippen molar-refractivity contribution in [2.45, 2.75) is 32.1 Å². The number of unbranched alkanes of at least 4 members (excludes halogenated alkanes) is 3. The van der Waals surface area contributed by atoms with Crippen LogP contribution in [-0.4, -0.2) is 21.2 Å². The number of pyridine rings is 1. The molecule has 0 fully saturated rings. The van der Waals surface area contributed by atoms with Crippen molar-refractivity contribution < 1.29 is 15.0 Å². The number of fused-ring (bicyclic) bond motifs is 1. The molecule has 0 saturated heterocycles. The molecule has 0 amide bonds. The molecule has 1 heterocycles. The van der Waals surface area contributed by atoms with Crippen molar-refractivity contribution in [1.29, 1.82) is 5.26 Å². The van der Waals surface area contributed by atoms with Crippen LogP contribution in [0.3, 0.4) is 0 Å². The first-order valence-corrected chi connectivity index (χ1v) is 7.05. The number of carboxylic acids is 1.